The van der Waals surface area contributed by atoms with Gasteiger partial charge < -0.3 is 4.74 Å². The summed E-state index contributed by atoms with van der Waals surface area (Å²) in [6.45, 7) is 3.70. The van der Waals surface area contributed by atoms with E-state index in [0.717, 1.165) is 12.0 Å². The van der Waals surface area contributed by atoms with Crippen molar-refractivity contribution in [2.45, 2.75) is 37.1 Å². The molecular formula is C14H19BrO2. The van der Waals surface area contributed by atoms with Crippen LogP contribution in [-0.2, 0) is 9.53 Å². The first-order valence-corrected chi connectivity index (χ1v) is 6.75. The molecule has 0 spiro atoms. The van der Waals surface area contributed by atoms with Crippen molar-refractivity contribution in [1.29, 1.82) is 0 Å². The summed E-state index contributed by atoms with van der Waals surface area (Å²) in [5.41, 5.74) is 1.02. The summed E-state index contributed by atoms with van der Waals surface area (Å²) in [7, 11) is 1.66. The highest BCUT2D eigenvalue weighted by molar-refractivity contribution is 9.09. The first kappa shape index (κ1) is 14.4. The molecule has 3 heteroatoms. The standard InChI is InChI=1S/C14H19BrO2/c1-4-12(15)14(17-3)13(10(2)16)11-8-6-5-7-9-11/h5-9,12-14H,4H2,1-3H3. The summed E-state index contributed by atoms with van der Waals surface area (Å²) in [4.78, 5) is 12.0. The predicted octanol–water partition coefficient (Wildman–Crippen LogP) is 3.55. The number of benzene rings is 1. The Morgan fingerprint density at radius 1 is 1.35 bits per heavy atom. The number of methoxy groups -OCH3 is 1. The largest absolute Gasteiger partial charge is 0.379 e. The highest BCUT2D eigenvalue weighted by atomic mass is 79.9. The van der Waals surface area contributed by atoms with Crippen molar-refractivity contribution in [3.63, 3.8) is 0 Å². The van der Waals surface area contributed by atoms with E-state index in [9.17, 15) is 4.79 Å². The fourth-order valence-electron chi connectivity index (χ4n) is 2.04. The normalized spacial score (nSPS) is 16.2. The Balaban J connectivity index is 3.04. The molecule has 0 amide bonds. The monoisotopic (exact) mass is 298 g/mol. The minimum absolute atomic E-state index is 0.125. The average molecular weight is 299 g/mol. The number of carbonyl (C=O) groups is 1. The van der Waals surface area contributed by atoms with Crippen LogP contribution in [0.1, 0.15) is 31.7 Å². The molecule has 0 fully saturated rings. The van der Waals surface area contributed by atoms with Gasteiger partial charge in [0.15, 0.2) is 0 Å². The van der Waals surface area contributed by atoms with Gasteiger partial charge in [0, 0.05) is 11.9 Å². The Bertz CT molecular complexity index is 350. The van der Waals surface area contributed by atoms with Crippen LogP contribution in [0.3, 0.4) is 0 Å². The number of ketones is 1. The van der Waals surface area contributed by atoms with Crippen molar-refractivity contribution in [2.75, 3.05) is 7.11 Å². The molecule has 0 aromatic heterocycles. The van der Waals surface area contributed by atoms with E-state index in [0.29, 0.717) is 0 Å². The van der Waals surface area contributed by atoms with Crippen LogP contribution in [0.15, 0.2) is 30.3 Å². The Morgan fingerprint density at radius 3 is 2.35 bits per heavy atom. The Hall–Kier alpha value is -0.670. The van der Waals surface area contributed by atoms with Gasteiger partial charge in [-0.25, -0.2) is 0 Å². The average Bonchev–Trinajstić information content (AvgIpc) is 2.35. The summed E-state index contributed by atoms with van der Waals surface area (Å²) < 4.78 is 5.51. The zero-order valence-electron chi connectivity index (χ0n) is 10.5. The van der Waals surface area contributed by atoms with Gasteiger partial charge in [-0.3, -0.25) is 4.79 Å². The van der Waals surface area contributed by atoms with Gasteiger partial charge in [-0.2, -0.15) is 0 Å². The molecular weight excluding hydrogens is 280 g/mol. The Labute approximate surface area is 111 Å². The molecule has 0 aliphatic heterocycles. The first-order chi connectivity index (χ1) is 8.11. The van der Waals surface area contributed by atoms with Crippen molar-refractivity contribution in [3.8, 4) is 0 Å². The van der Waals surface area contributed by atoms with Gasteiger partial charge >= 0.3 is 0 Å². The van der Waals surface area contributed by atoms with Crippen LogP contribution < -0.4 is 0 Å². The van der Waals surface area contributed by atoms with Crippen LogP contribution in [0.25, 0.3) is 0 Å². The minimum Gasteiger partial charge on any atom is -0.379 e. The number of alkyl halides is 1. The molecule has 0 saturated carbocycles. The zero-order chi connectivity index (χ0) is 12.8. The summed E-state index contributed by atoms with van der Waals surface area (Å²) in [5, 5.41) is 0. The third kappa shape index (κ3) is 3.65. The van der Waals surface area contributed by atoms with E-state index in [2.05, 4.69) is 22.9 Å². The zero-order valence-corrected chi connectivity index (χ0v) is 12.1. The quantitative estimate of drug-likeness (QED) is 0.751. The third-order valence-corrected chi connectivity index (χ3v) is 4.11. The van der Waals surface area contributed by atoms with Gasteiger partial charge in [0.05, 0.1) is 12.0 Å². The lowest BCUT2D eigenvalue weighted by Gasteiger charge is -2.28. The first-order valence-electron chi connectivity index (χ1n) is 5.84. The lowest BCUT2D eigenvalue weighted by Crippen LogP contribution is -2.33. The molecule has 94 valence electrons. The second-order valence-electron chi connectivity index (χ2n) is 4.12. The molecule has 0 bridgehead atoms. The lowest BCUT2D eigenvalue weighted by molar-refractivity contribution is -0.121. The van der Waals surface area contributed by atoms with Crippen molar-refractivity contribution in [2.24, 2.45) is 0 Å². The molecule has 1 aromatic rings. The molecule has 2 nitrogen and oxygen atoms in total. The summed E-state index contributed by atoms with van der Waals surface area (Å²) in [5.74, 6) is -0.0634. The predicted molar refractivity (Wildman–Crippen MR) is 73.7 cm³/mol. The molecule has 0 radical (unpaired) electrons. The molecule has 0 N–H and O–H groups in total. The summed E-state index contributed by atoms with van der Waals surface area (Å²) in [6, 6.07) is 9.81. The van der Waals surface area contributed by atoms with E-state index in [1.807, 2.05) is 30.3 Å². The number of carbonyl (C=O) groups excluding carboxylic acids is 1. The topological polar surface area (TPSA) is 26.3 Å². The third-order valence-electron chi connectivity index (χ3n) is 2.94. The van der Waals surface area contributed by atoms with Crippen LogP contribution in [0.2, 0.25) is 0 Å². The fourth-order valence-corrected chi connectivity index (χ4v) is 2.56. The molecule has 0 heterocycles. The van der Waals surface area contributed by atoms with Gasteiger partial charge in [-0.05, 0) is 18.9 Å². The number of hydrogen-bond acceptors (Lipinski definition) is 2. The molecule has 1 rings (SSSR count). The van der Waals surface area contributed by atoms with Crippen molar-refractivity contribution < 1.29 is 9.53 Å². The van der Waals surface area contributed by atoms with E-state index in [-0.39, 0.29) is 22.6 Å². The van der Waals surface area contributed by atoms with Gasteiger partial charge in [-0.15, -0.1) is 0 Å². The van der Waals surface area contributed by atoms with Crippen LogP contribution >= 0.6 is 15.9 Å². The Kier molecular flexibility index (Phi) is 5.86. The van der Waals surface area contributed by atoms with Gasteiger partial charge in [0.2, 0.25) is 0 Å². The Morgan fingerprint density at radius 2 is 1.94 bits per heavy atom. The van der Waals surface area contributed by atoms with Crippen LogP contribution in [0, 0.1) is 0 Å². The second kappa shape index (κ2) is 6.92. The smallest absolute Gasteiger partial charge is 0.139 e. The summed E-state index contributed by atoms with van der Waals surface area (Å²) in [6.07, 6.45) is 0.801. The highest BCUT2D eigenvalue weighted by Gasteiger charge is 2.31. The van der Waals surface area contributed by atoms with Gasteiger partial charge in [-0.1, -0.05) is 53.2 Å². The van der Waals surface area contributed by atoms with E-state index in [1.165, 1.54) is 0 Å². The fraction of sp³-hybridized carbons (Fsp3) is 0.500. The van der Waals surface area contributed by atoms with Crippen LogP contribution in [-0.4, -0.2) is 23.8 Å². The van der Waals surface area contributed by atoms with E-state index in [1.54, 1.807) is 14.0 Å². The number of ether oxygens (including phenoxy) is 1. The molecule has 0 aliphatic carbocycles. The number of hydrogen-bond donors (Lipinski definition) is 0. The molecule has 3 atom stereocenters. The molecule has 3 unspecified atom stereocenters. The van der Waals surface area contributed by atoms with Crippen molar-refractivity contribution in [3.05, 3.63) is 35.9 Å². The van der Waals surface area contributed by atoms with Crippen LogP contribution in [0.5, 0.6) is 0 Å². The molecule has 0 aliphatic rings. The van der Waals surface area contributed by atoms with Crippen molar-refractivity contribution in [1.82, 2.24) is 0 Å². The van der Waals surface area contributed by atoms with Gasteiger partial charge in [0.1, 0.15) is 5.78 Å². The second-order valence-corrected chi connectivity index (χ2v) is 5.30. The molecule has 1 aromatic carbocycles. The summed E-state index contributed by atoms with van der Waals surface area (Å²) >= 11 is 3.59. The van der Waals surface area contributed by atoms with Crippen LogP contribution in [0.4, 0.5) is 0 Å². The SMILES string of the molecule is CCC(Br)C(OC)C(C(C)=O)c1ccccc1. The van der Waals surface area contributed by atoms with E-state index < -0.39 is 0 Å². The van der Waals surface area contributed by atoms with E-state index in [4.69, 9.17) is 4.74 Å². The maximum Gasteiger partial charge on any atom is 0.139 e. The maximum atomic E-state index is 11.9. The van der Waals surface area contributed by atoms with E-state index >= 15 is 0 Å². The van der Waals surface area contributed by atoms with Gasteiger partial charge in [0.25, 0.3) is 0 Å². The lowest BCUT2D eigenvalue weighted by atomic mass is 9.88. The molecule has 0 saturated heterocycles. The minimum atomic E-state index is -0.203. The highest BCUT2D eigenvalue weighted by Crippen LogP contribution is 2.29. The number of rotatable bonds is 6. The number of halogens is 1. The molecule has 17 heavy (non-hydrogen) atoms. The van der Waals surface area contributed by atoms with Crippen molar-refractivity contribution >= 4 is 21.7 Å². The number of Topliss-reactive ketones (excluding diaryl/α,β-unsaturated/α-hetero) is 1. The maximum absolute atomic E-state index is 11.9.